The van der Waals surface area contributed by atoms with Gasteiger partial charge in [-0.1, -0.05) is 6.42 Å². The van der Waals surface area contributed by atoms with Gasteiger partial charge in [-0.2, -0.15) is 0 Å². The molecule has 0 amide bonds. The van der Waals surface area contributed by atoms with Gasteiger partial charge in [0.15, 0.2) is 0 Å². The Balaban J connectivity index is 1.72. The summed E-state index contributed by atoms with van der Waals surface area (Å²) in [5, 5.41) is 3.51. The van der Waals surface area contributed by atoms with E-state index in [1.165, 1.54) is 25.5 Å². The minimum Gasteiger partial charge on any atom is -0.314 e. The Morgan fingerprint density at radius 2 is 2.07 bits per heavy atom. The Labute approximate surface area is 92.1 Å². The highest BCUT2D eigenvalue weighted by atomic mass is 32.2. The zero-order valence-electron chi connectivity index (χ0n) is 9.28. The minimum atomic E-state index is -2.96. The van der Waals surface area contributed by atoms with Crippen LogP contribution >= 0.6 is 0 Å². The summed E-state index contributed by atoms with van der Waals surface area (Å²) >= 11 is 0. The molecule has 0 spiro atoms. The molecule has 0 bridgehead atoms. The summed E-state index contributed by atoms with van der Waals surface area (Å²) in [6, 6.07) is 0.706. The van der Waals surface area contributed by atoms with E-state index in [9.17, 15) is 8.42 Å². The maximum absolute atomic E-state index is 11.3. The summed E-state index contributed by atoms with van der Waals surface area (Å²) in [7, 11) is -2.96. The molecule has 5 heteroatoms. The normalized spacial score (nSPS) is 29.3. The Morgan fingerprint density at radius 3 is 2.53 bits per heavy atom. The minimum absolute atomic E-state index is 0.514. The van der Waals surface area contributed by atoms with Crippen molar-refractivity contribution in [2.75, 3.05) is 25.9 Å². The maximum atomic E-state index is 11.3. The highest BCUT2D eigenvalue weighted by Crippen LogP contribution is 2.21. The zero-order chi connectivity index (χ0) is 10.9. The van der Waals surface area contributed by atoms with Crippen molar-refractivity contribution in [3.05, 3.63) is 0 Å². The second-order valence-corrected chi connectivity index (χ2v) is 6.79. The molecule has 2 rings (SSSR count). The average Bonchev–Trinajstić information content (AvgIpc) is 2.48. The van der Waals surface area contributed by atoms with Crippen LogP contribution in [0.1, 0.15) is 25.7 Å². The van der Waals surface area contributed by atoms with Crippen LogP contribution in [0.15, 0.2) is 0 Å². The van der Waals surface area contributed by atoms with Crippen molar-refractivity contribution in [1.29, 1.82) is 0 Å². The molecule has 88 valence electrons. The first-order valence-electron chi connectivity index (χ1n) is 5.74. The molecule has 0 aromatic carbocycles. The van der Waals surface area contributed by atoms with E-state index in [-0.39, 0.29) is 0 Å². The van der Waals surface area contributed by atoms with Crippen molar-refractivity contribution in [1.82, 2.24) is 9.62 Å². The lowest BCUT2D eigenvalue weighted by molar-refractivity contribution is 0.318. The van der Waals surface area contributed by atoms with E-state index in [4.69, 9.17) is 0 Å². The third-order valence-electron chi connectivity index (χ3n) is 3.52. The number of rotatable bonds is 4. The van der Waals surface area contributed by atoms with E-state index in [0.29, 0.717) is 25.0 Å². The monoisotopic (exact) mass is 232 g/mol. The van der Waals surface area contributed by atoms with E-state index in [1.807, 2.05) is 0 Å². The van der Waals surface area contributed by atoms with Gasteiger partial charge in [-0.15, -0.1) is 0 Å². The van der Waals surface area contributed by atoms with Gasteiger partial charge in [-0.25, -0.2) is 12.7 Å². The average molecular weight is 232 g/mol. The van der Waals surface area contributed by atoms with Crippen molar-refractivity contribution in [3.8, 4) is 0 Å². The van der Waals surface area contributed by atoms with Gasteiger partial charge in [-0.05, 0) is 31.7 Å². The standard InChI is InChI=1S/C10H20N2O2S/c1-15(13,14)12-6-5-9(8-12)7-11-10-3-2-4-10/h9-11H,2-8H2,1H3. The van der Waals surface area contributed by atoms with Gasteiger partial charge >= 0.3 is 0 Å². The molecular formula is C10H20N2O2S. The fraction of sp³-hybridized carbons (Fsp3) is 1.00. The molecule has 2 fully saturated rings. The summed E-state index contributed by atoms with van der Waals surface area (Å²) in [6.45, 7) is 2.39. The number of hydrogen-bond donors (Lipinski definition) is 1. The zero-order valence-corrected chi connectivity index (χ0v) is 10.1. The summed E-state index contributed by atoms with van der Waals surface area (Å²) in [5.74, 6) is 0.514. The Morgan fingerprint density at radius 1 is 1.33 bits per heavy atom. The van der Waals surface area contributed by atoms with Gasteiger partial charge in [-0.3, -0.25) is 0 Å². The summed E-state index contributed by atoms with van der Waals surface area (Å²) in [6.07, 6.45) is 6.24. The molecular weight excluding hydrogens is 212 g/mol. The third-order valence-corrected chi connectivity index (χ3v) is 4.79. The van der Waals surface area contributed by atoms with Crippen LogP contribution in [0, 0.1) is 5.92 Å². The summed E-state index contributed by atoms with van der Waals surface area (Å²) < 4.78 is 24.2. The lowest BCUT2D eigenvalue weighted by Crippen LogP contribution is -2.39. The summed E-state index contributed by atoms with van der Waals surface area (Å²) in [4.78, 5) is 0. The molecule has 1 aliphatic heterocycles. The van der Waals surface area contributed by atoms with Crippen LogP contribution in [-0.4, -0.2) is 44.7 Å². The van der Waals surface area contributed by atoms with Gasteiger partial charge in [0.1, 0.15) is 0 Å². The Kier molecular flexibility index (Phi) is 3.33. The van der Waals surface area contributed by atoms with Crippen LogP contribution in [0.2, 0.25) is 0 Å². The van der Waals surface area contributed by atoms with Crippen LogP contribution in [0.25, 0.3) is 0 Å². The molecule has 1 saturated heterocycles. The molecule has 1 atom stereocenters. The second-order valence-electron chi connectivity index (χ2n) is 4.81. The fourth-order valence-corrected chi connectivity index (χ4v) is 3.13. The van der Waals surface area contributed by atoms with Crippen molar-refractivity contribution in [2.45, 2.75) is 31.7 Å². The van der Waals surface area contributed by atoms with Crippen molar-refractivity contribution in [2.24, 2.45) is 5.92 Å². The number of nitrogens with one attached hydrogen (secondary N) is 1. The van der Waals surface area contributed by atoms with Crippen LogP contribution in [0.3, 0.4) is 0 Å². The fourth-order valence-electron chi connectivity index (χ4n) is 2.21. The molecule has 4 nitrogen and oxygen atoms in total. The SMILES string of the molecule is CS(=O)(=O)N1CCC(CNC2CCC2)C1. The summed E-state index contributed by atoms with van der Waals surface area (Å²) in [5.41, 5.74) is 0. The molecule has 0 aromatic heterocycles. The molecule has 2 aliphatic rings. The van der Waals surface area contributed by atoms with E-state index in [1.54, 1.807) is 4.31 Å². The van der Waals surface area contributed by atoms with Gasteiger partial charge in [0.25, 0.3) is 0 Å². The maximum Gasteiger partial charge on any atom is 0.211 e. The predicted octanol–water partition coefficient (Wildman–Crippen LogP) is 0.410. The number of sulfonamides is 1. The molecule has 15 heavy (non-hydrogen) atoms. The van der Waals surface area contributed by atoms with Crippen molar-refractivity contribution >= 4 is 10.0 Å². The van der Waals surface area contributed by atoms with E-state index < -0.39 is 10.0 Å². The molecule has 0 aromatic rings. The highest BCUT2D eigenvalue weighted by Gasteiger charge is 2.29. The van der Waals surface area contributed by atoms with Gasteiger partial charge < -0.3 is 5.32 Å². The van der Waals surface area contributed by atoms with Crippen molar-refractivity contribution < 1.29 is 8.42 Å². The number of nitrogens with zero attached hydrogens (tertiary/aromatic N) is 1. The van der Waals surface area contributed by atoms with Crippen LogP contribution in [-0.2, 0) is 10.0 Å². The van der Waals surface area contributed by atoms with E-state index in [2.05, 4.69) is 5.32 Å². The van der Waals surface area contributed by atoms with Gasteiger partial charge in [0, 0.05) is 19.1 Å². The first-order valence-corrected chi connectivity index (χ1v) is 7.59. The van der Waals surface area contributed by atoms with Crippen molar-refractivity contribution in [3.63, 3.8) is 0 Å². The molecule has 1 unspecified atom stereocenters. The predicted molar refractivity (Wildman–Crippen MR) is 60.2 cm³/mol. The molecule has 1 aliphatic carbocycles. The van der Waals surface area contributed by atoms with E-state index >= 15 is 0 Å². The van der Waals surface area contributed by atoms with Crippen LogP contribution in [0.4, 0.5) is 0 Å². The molecule has 1 N–H and O–H groups in total. The Bertz CT molecular complexity index is 311. The second kappa shape index (κ2) is 4.39. The van der Waals surface area contributed by atoms with Crippen LogP contribution < -0.4 is 5.32 Å². The molecule has 0 radical (unpaired) electrons. The first-order chi connectivity index (χ1) is 7.05. The van der Waals surface area contributed by atoms with Crippen LogP contribution in [0.5, 0.6) is 0 Å². The lowest BCUT2D eigenvalue weighted by Gasteiger charge is -2.27. The lowest BCUT2D eigenvalue weighted by atomic mass is 9.92. The topological polar surface area (TPSA) is 49.4 Å². The highest BCUT2D eigenvalue weighted by molar-refractivity contribution is 7.88. The molecule has 1 heterocycles. The smallest absolute Gasteiger partial charge is 0.211 e. The van der Waals surface area contributed by atoms with Gasteiger partial charge in [0.2, 0.25) is 10.0 Å². The van der Waals surface area contributed by atoms with Gasteiger partial charge in [0.05, 0.1) is 6.26 Å². The van der Waals surface area contributed by atoms with E-state index in [0.717, 1.165) is 13.0 Å². The largest absolute Gasteiger partial charge is 0.314 e. The third kappa shape index (κ3) is 2.92. The quantitative estimate of drug-likeness (QED) is 0.764. The number of hydrogen-bond acceptors (Lipinski definition) is 3. The first kappa shape index (κ1) is 11.4. The molecule has 1 saturated carbocycles. The Hall–Kier alpha value is -0.130.